The number of amides is 3. The third-order valence-electron chi connectivity index (χ3n) is 4.83. The highest BCUT2D eigenvalue weighted by Gasteiger charge is 2.29. The zero-order valence-corrected chi connectivity index (χ0v) is 14.6. The first-order valence-corrected chi connectivity index (χ1v) is 8.73. The van der Waals surface area contributed by atoms with Crippen molar-refractivity contribution in [1.82, 2.24) is 20.0 Å². The van der Waals surface area contributed by atoms with Crippen molar-refractivity contribution in [2.24, 2.45) is 0 Å². The number of rotatable bonds is 4. The predicted molar refractivity (Wildman–Crippen MR) is 93.0 cm³/mol. The fourth-order valence-electron chi connectivity index (χ4n) is 3.31. The first kappa shape index (κ1) is 17.2. The van der Waals surface area contributed by atoms with E-state index in [1.54, 1.807) is 0 Å². The fraction of sp³-hybridized carbons (Fsp3) is 0.529. The molecular weight excluding hydrogens is 328 g/mol. The second-order valence-electron chi connectivity index (χ2n) is 6.29. The maximum absolute atomic E-state index is 12.2. The molecule has 0 aromatic heterocycles. The van der Waals surface area contributed by atoms with E-state index in [4.69, 9.17) is 11.6 Å². The number of imide groups is 1. The van der Waals surface area contributed by atoms with E-state index in [0.717, 1.165) is 36.8 Å². The third-order valence-corrected chi connectivity index (χ3v) is 5.17. The molecule has 2 heterocycles. The highest BCUT2D eigenvalue weighted by molar-refractivity contribution is 6.31. The van der Waals surface area contributed by atoms with E-state index in [-0.39, 0.29) is 18.0 Å². The number of carbonyl (C=O) groups is 2. The van der Waals surface area contributed by atoms with Gasteiger partial charge in [-0.25, -0.2) is 4.79 Å². The van der Waals surface area contributed by atoms with Crippen molar-refractivity contribution in [3.63, 3.8) is 0 Å². The zero-order valence-electron chi connectivity index (χ0n) is 13.9. The van der Waals surface area contributed by atoms with Crippen LogP contribution in [0.5, 0.6) is 0 Å². The Kier molecular flexibility index (Phi) is 5.38. The van der Waals surface area contributed by atoms with Gasteiger partial charge in [-0.1, -0.05) is 29.8 Å². The standard InChI is InChI=1S/C17H23ClN4O2/c1-13(14-4-2-3-5-15(14)18)21-10-8-20(9-11-21)12-16(23)22-7-6-19-17(22)24/h2-5,13H,6-12H2,1H3,(H,19,24). The molecular formula is C17H23ClN4O2. The Bertz CT molecular complexity index is 616. The van der Waals surface area contributed by atoms with Gasteiger partial charge in [-0.15, -0.1) is 0 Å². The van der Waals surface area contributed by atoms with Crippen molar-refractivity contribution in [3.05, 3.63) is 34.9 Å². The molecule has 24 heavy (non-hydrogen) atoms. The lowest BCUT2D eigenvalue weighted by Crippen LogP contribution is -2.50. The lowest BCUT2D eigenvalue weighted by atomic mass is 10.1. The molecule has 3 amide bonds. The molecule has 1 unspecified atom stereocenters. The van der Waals surface area contributed by atoms with Crippen LogP contribution in [0.1, 0.15) is 18.5 Å². The molecule has 1 aromatic carbocycles. The molecule has 2 fully saturated rings. The molecule has 3 rings (SSSR count). The number of hydrogen-bond acceptors (Lipinski definition) is 4. The summed E-state index contributed by atoms with van der Waals surface area (Å²) in [6.07, 6.45) is 0. The average molecular weight is 351 g/mol. The number of carbonyl (C=O) groups excluding carboxylic acids is 2. The van der Waals surface area contributed by atoms with Crippen molar-refractivity contribution in [1.29, 1.82) is 0 Å². The topological polar surface area (TPSA) is 55.9 Å². The lowest BCUT2D eigenvalue weighted by molar-refractivity contribution is -0.129. The maximum atomic E-state index is 12.2. The van der Waals surface area contributed by atoms with Crippen molar-refractivity contribution in [2.75, 3.05) is 45.8 Å². The summed E-state index contributed by atoms with van der Waals surface area (Å²) >= 11 is 6.30. The van der Waals surface area contributed by atoms with Crippen LogP contribution >= 0.6 is 11.6 Å². The molecule has 0 aliphatic carbocycles. The minimum Gasteiger partial charge on any atom is -0.336 e. The van der Waals surface area contributed by atoms with E-state index in [9.17, 15) is 9.59 Å². The van der Waals surface area contributed by atoms with Gasteiger partial charge in [-0.2, -0.15) is 0 Å². The molecule has 7 heteroatoms. The Morgan fingerprint density at radius 3 is 2.54 bits per heavy atom. The number of benzene rings is 1. The number of hydrogen-bond donors (Lipinski definition) is 1. The third kappa shape index (κ3) is 3.71. The fourth-order valence-corrected chi connectivity index (χ4v) is 3.60. The molecule has 0 saturated carbocycles. The van der Waals surface area contributed by atoms with Crippen LogP contribution in [0.3, 0.4) is 0 Å². The van der Waals surface area contributed by atoms with Crippen molar-refractivity contribution in [3.8, 4) is 0 Å². The summed E-state index contributed by atoms with van der Waals surface area (Å²) in [5.41, 5.74) is 1.14. The van der Waals surface area contributed by atoms with Gasteiger partial charge in [-0.05, 0) is 18.6 Å². The minimum atomic E-state index is -0.272. The van der Waals surface area contributed by atoms with Gasteiger partial charge >= 0.3 is 6.03 Å². The second-order valence-corrected chi connectivity index (χ2v) is 6.69. The highest BCUT2D eigenvalue weighted by Crippen LogP contribution is 2.27. The van der Waals surface area contributed by atoms with E-state index >= 15 is 0 Å². The first-order valence-electron chi connectivity index (χ1n) is 8.35. The molecule has 1 aromatic rings. The largest absolute Gasteiger partial charge is 0.336 e. The summed E-state index contributed by atoms with van der Waals surface area (Å²) in [4.78, 5) is 29.5. The number of nitrogens with zero attached hydrogens (tertiary/aromatic N) is 3. The van der Waals surface area contributed by atoms with Crippen LogP contribution in [0.4, 0.5) is 4.79 Å². The molecule has 1 N–H and O–H groups in total. The van der Waals surface area contributed by atoms with Crippen LogP contribution in [0.15, 0.2) is 24.3 Å². The Labute approximate surface area is 147 Å². The molecule has 2 saturated heterocycles. The average Bonchev–Trinajstić information content (AvgIpc) is 3.01. The van der Waals surface area contributed by atoms with Gasteiger partial charge in [0.2, 0.25) is 5.91 Å². The molecule has 2 aliphatic heterocycles. The van der Waals surface area contributed by atoms with Gasteiger partial charge in [0.05, 0.1) is 6.54 Å². The van der Waals surface area contributed by atoms with Gasteiger partial charge in [0.15, 0.2) is 0 Å². The van der Waals surface area contributed by atoms with E-state index in [1.807, 2.05) is 18.2 Å². The van der Waals surface area contributed by atoms with Crippen molar-refractivity contribution < 1.29 is 9.59 Å². The Balaban J connectivity index is 1.51. The van der Waals surface area contributed by atoms with Gasteiger partial charge in [-0.3, -0.25) is 19.5 Å². The van der Waals surface area contributed by atoms with Gasteiger partial charge in [0.1, 0.15) is 0 Å². The van der Waals surface area contributed by atoms with Crippen LogP contribution < -0.4 is 5.32 Å². The minimum absolute atomic E-state index is 0.113. The molecule has 6 nitrogen and oxygen atoms in total. The molecule has 0 bridgehead atoms. The zero-order chi connectivity index (χ0) is 17.1. The lowest BCUT2D eigenvalue weighted by Gasteiger charge is -2.38. The number of nitrogens with one attached hydrogen (secondary N) is 1. The van der Waals surface area contributed by atoms with E-state index in [0.29, 0.717) is 19.6 Å². The normalized spacial score (nSPS) is 20.9. The first-order chi connectivity index (χ1) is 11.6. The SMILES string of the molecule is CC(c1ccccc1Cl)N1CCN(CC(=O)N2CCNC2=O)CC1. The van der Waals surface area contributed by atoms with Gasteiger partial charge in [0, 0.05) is 50.3 Å². The van der Waals surface area contributed by atoms with E-state index in [1.165, 1.54) is 4.90 Å². The summed E-state index contributed by atoms with van der Waals surface area (Å²) in [5, 5.41) is 3.45. The Morgan fingerprint density at radius 2 is 1.92 bits per heavy atom. The van der Waals surface area contributed by atoms with Crippen molar-refractivity contribution in [2.45, 2.75) is 13.0 Å². The highest BCUT2D eigenvalue weighted by atomic mass is 35.5. The summed E-state index contributed by atoms with van der Waals surface area (Å²) in [6.45, 7) is 6.89. The van der Waals surface area contributed by atoms with Gasteiger partial charge < -0.3 is 5.32 Å². The quantitative estimate of drug-likeness (QED) is 0.895. The Morgan fingerprint density at radius 1 is 1.21 bits per heavy atom. The molecule has 0 radical (unpaired) electrons. The number of halogens is 1. The smallest absolute Gasteiger partial charge is 0.324 e. The monoisotopic (exact) mass is 350 g/mol. The predicted octanol–water partition coefficient (Wildman–Crippen LogP) is 1.57. The van der Waals surface area contributed by atoms with E-state index in [2.05, 4.69) is 28.1 Å². The van der Waals surface area contributed by atoms with E-state index < -0.39 is 0 Å². The number of piperazine rings is 1. The summed E-state index contributed by atoms with van der Waals surface area (Å²) < 4.78 is 0. The van der Waals surface area contributed by atoms with Crippen LogP contribution in [0.2, 0.25) is 5.02 Å². The molecule has 1 atom stereocenters. The second kappa shape index (κ2) is 7.51. The number of urea groups is 1. The molecule has 0 spiro atoms. The molecule has 130 valence electrons. The maximum Gasteiger partial charge on any atom is 0.324 e. The Hall–Kier alpha value is -1.63. The van der Waals surface area contributed by atoms with Crippen LogP contribution in [-0.2, 0) is 4.79 Å². The summed E-state index contributed by atoms with van der Waals surface area (Å²) in [5.74, 6) is -0.113. The summed E-state index contributed by atoms with van der Waals surface area (Å²) in [7, 11) is 0. The van der Waals surface area contributed by atoms with Crippen LogP contribution in [0.25, 0.3) is 0 Å². The van der Waals surface area contributed by atoms with Crippen molar-refractivity contribution >= 4 is 23.5 Å². The van der Waals surface area contributed by atoms with Crippen LogP contribution in [0, 0.1) is 0 Å². The molecule has 2 aliphatic rings. The summed E-state index contributed by atoms with van der Waals surface area (Å²) in [6, 6.07) is 7.91. The van der Waals surface area contributed by atoms with Crippen LogP contribution in [-0.4, -0.2) is 72.5 Å². The van der Waals surface area contributed by atoms with Gasteiger partial charge in [0.25, 0.3) is 0 Å².